The molecule has 3 aromatic rings. The van der Waals surface area contributed by atoms with Crippen LogP contribution in [0.2, 0.25) is 0 Å². The van der Waals surface area contributed by atoms with Gasteiger partial charge in [0.25, 0.3) is 0 Å². The zero-order valence-electron chi connectivity index (χ0n) is 17.5. The van der Waals surface area contributed by atoms with Crippen molar-refractivity contribution in [3.63, 3.8) is 0 Å². The van der Waals surface area contributed by atoms with E-state index in [9.17, 15) is 18.4 Å². The Morgan fingerprint density at radius 1 is 0.939 bits per heavy atom. The summed E-state index contributed by atoms with van der Waals surface area (Å²) in [5.74, 6) is -0.954. The first-order chi connectivity index (χ1) is 15.9. The SMILES string of the molecule is O=C(O)COc1ccc(C2C(CCSc3ccc(F)cc3)C(=O)N2c2ccc(F)cc2)cc1. The van der Waals surface area contributed by atoms with E-state index in [1.54, 1.807) is 53.1 Å². The molecular weight excluding hydrogens is 448 g/mol. The van der Waals surface area contributed by atoms with Crippen molar-refractivity contribution in [1.29, 1.82) is 0 Å². The minimum Gasteiger partial charge on any atom is -0.482 e. The predicted octanol–water partition coefficient (Wildman–Crippen LogP) is 5.31. The first kappa shape index (κ1) is 22.8. The van der Waals surface area contributed by atoms with Gasteiger partial charge in [0.2, 0.25) is 5.91 Å². The molecule has 0 spiro atoms. The summed E-state index contributed by atoms with van der Waals surface area (Å²) in [6.45, 7) is -0.438. The first-order valence-corrected chi connectivity index (χ1v) is 11.3. The Morgan fingerprint density at radius 3 is 2.15 bits per heavy atom. The van der Waals surface area contributed by atoms with Crippen molar-refractivity contribution in [2.45, 2.75) is 17.4 Å². The molecule has 0 saturated carbocycles. The molecule has 1 aliphatic heterocycles. The third kappa shape index (κ3) is 5.34. The van der Waals surface area contributed by atoms with Crippen molar-refractivity contribution in [2.75, 3.05) is 17.3 Å². The number of carboxylic acids is 1. The molecule has 8 heteroatoms. The molecule has 1 saturated heterocycles. The number of aliphatic carboxylic acids is 1. The smallest absolute Gasteiger partial charge is 0.341 e. The predicted molar refractivity (Wildman–Crippen MR) is 121 cm³/mol. The number of hydrogen-bond donors (Lipinski definition) is 1. The fourth-order valence-electron chi connectivity index (χ4n) is 3.84. The summed E-state index contributed by atoms with van der Waals surface area (Å²) in [6, 6.07) is 18.8. The van der Waals surface area contributed by atoms with Crippen LogP contribution in [0, 0.1) is 17.6 Å². The van der Waals surface area contributed by atoms with Gasteiger partial charge in [-0.05, 0) is 78.4 Å². The summed E-state index contributed by atoms with van der Waals surface area (Å²) in [5.41, 5.74) is 1.48. The van der Waals surface area contributed by atoms with E-state index in [-0.39, 0.29) is 29.5 Å². The number of rotatable bonds is 9. The van der Waals surface area contributed by atoms with Crippen LogP contribution in [0.15, 0.2) is 77.7 Å². The average Bonchev–Trinajstić information content (AvgIpc) is 2.81. The Bertz CT molecular complexity index is 1120. The van der Waals surface area contributed by atoms with Crippen LogP contribution in [0.1, 0.15) is 18.0 Å². The van der Waals surface area contributed by atoms with Gasteiger partial charge in [0.05, 0.1) is 12.0 Å². The Morgan fingerprint density at radius 2 is 1.55 bits per heavy atom. The van der Waals surface area contributed by atoms with Gasteiger partial charge in [0.1, 0.15) is 17.4 Å². The molecule has 1 N–H and O–H groups in total. The average molecular weight is 470 g/mol. The Balaban J connectivity index is 1.51. The van der Waals surface area contributed by atoms with Gasteiger partial charge in [-0.15, -0.1) is 11.8 Å². The zero-order chi connectivity index (χ0) is 23.4. The second kappa shape index (κ2) is 10.0. The number of anilines is 1. The van der Waals surface area contributed by atoms with E-state index in [2.05, 4.69) is 0 Å². The summed E-state index contributed by atoms with van der Waals surface area (Å²) < 4.78 is 31.7. The van der Waals surface area contributed by atoms with E-state index >= 15 is 0 Å². The number of amides is 1. The summed E-state index contributed by atoms with van der Waals surface area (Å²) >= 11 is 1.55. The topological polar surface area (TPSA) is 66.8 Å². The maximum atomic E-state index is 13.4. The molecule has 33 heavy (non-hydrogen) atoms. The van der Waals surface area contributed by atoms with Gasteiger partial charge in [-0.1, -0.05) is 12.1 Å². The fourth-order valence-corrected chi connectivity index (χ4v) is 4.78. The van der Waals surface area contributed by atoms with Gasteiger partial charge in [-0.25, -0.2) is 13.6 Å². The van der Waals surface area contributed by atoms with Crippen molar-refractivity contribution in [2.24, 2.45) is 5.92 Å². The number of halogens is 2. The van der Waals surface area contributed by atoms with Gasteiger partial charge in [-0.2, -0.15) is 0 Å². The lowest BCUT2D eigenvalue weighted by atomic mass is 9.80. The lowest BCUT2D eigenvalue weighted by Gasteiger charge is -2.47. The number of thioether (sulfide) groups is 1. The van der Waals surface area contributed by atoms with Crippen molar-refractivity contribution >= 4 is 29.3 Å². The van der Waals surface area contributed by atoms with Crippen LogP contribution in [-0.4, -0.2) is 29.3 Å². The number of carbonyl (C=O) groups is 2. The lowest BCUT2D eigenvalue weighted by Crippen LogP contribution is -2.55. The van der Waals surface area contributed by atoms with Crippen LogP contribution < -0.4 is 9.64 Å². The molecule has 170 valence electrons. The second-order valence-electron chi connectivity index (χ2n) is 7.58. The van der Waals surface area contributed by atoms with Crippen molar-refractivity contribution < 1.29 is 28.2 Å². The van der Waals surface area contributed by atoms with E-state index in [0.29, 0.717) is 23.6 Å². The molecule has 1 amide bonds. The lowest BCUT2D eigenvalue weighted by molar-refractivity contribution is -0.139. The van der Waals surface area contributed by atoms with Crippen LogP contribution in [0.5, 0.6) is 5.75 Å². The summed E-state index contributed by atoms with van der Waals surface area (Å²) in [6.07, 6.45) is 0.612. The molecule has 1 heterocycles. The molecule has 0 radical (unpaired) electrons. The minimum absolute atomic E-state index is 0.0440. The standard InChI is InChI=1S/C25H21F2NO4S/c26-17-3-7-19(8-4-17)28-24(16-1-9-20(10-2-16)32-15-23(29)30)22(25(28)31)13-14-33-21-11-5-18(27)6-12-21/h1-12,22,24H,13-15H2,(H,29,30). The number of ether oxygens (including phenoxy) is 1. The van der Waals surface area contributed by atoms with Crippen molar-refractivity contribution in [1.82, 2.24) is 0 Å². The van der Waals surface area contributed by atoms with Crippen LogP contribution in [-0.2, 0) is 9.59 Å². The van der Waals surface area contributed by atoms with E-state index in [4.69, 9.17) is 9.84 Å². The maximum absolute atomic E-state index is 13.4. The summed E-state index contributed by atoms with van der Waals surface area (Å²) in [4.78, 5) is 26.3. The molecular formula is C25H21F2NO4S. The third-order valence-corrected chi connectivity index (χ3v) is 6.46. The summed E-state index contributed by atoms with van der Waals surface area (Å²) in [5, 5.41) is 8.77. The number of hydrogen-bond acceptors (Lipinski definition) is 4. The second-order valence-corrected chi connectivity index (χ2v) is 8.75. The molecule has 1 aliphatic rings. The largest absolute Gasteiger partial charge is 0.482 e. The number of nitrogens with zero attached hydrogens (tertiary/aromatic N) is 1. The molecule has 2 atom stereocenters. The molecule has 1 fully saturated rings. The van der Waals surface area contributed by atoms with Gasteiger partial charge in [0, 0.05) is 10.6 Å². The first-order valence-electron chi connectivity index (χ1n) is 10.3. The summed E-state index contributed by atoms with van der Waals surface area (Å²) in [7, 11) is 0. The quantitative estimate of drug-likeness (QED) is 0.340. The van der Waals surface area contributed by atoms with Gasteiger partial charge >= 0.3 is 5.97 Å². The monoisotopic (exact) mass is 469 g/mol. The van der Waals surface area contributed by atoms with E-state index in [1.807, 2.05) is 12.1 Å². The third-order valence-electron chi connectivity index (χ3n) is 5.41. The Kier molecular flexibility index (Phi) is 6.93. The fraction of sp³-hybridized carbons (Fsp3) is 0.200. The van der Waals surface area contributed by atoms with Crippen LogP contribution in [0.4, 0.5) is 14.5 Å². The highest BCUT2D eigenvalue weighted by atomic mass is 32.2. The molecule has 4 rings (SSSR count). The van der Waals surface area contributed by atoms with Crippen molar-refractivity contribution in [3.8, 4) is 5.75 Å². The molecule has 5 nitrogen and oxygen atoms in total. The number of β-lactam (4-membered cyclic amide) rings is 1. The van der Waals surface area contributed by atoms with Crippen molar-refractivity contribution in [3.05, 3.63) is 90.0 Å². The molecule has 0 aromatic heterocycles. The van der Waals surface area contributed by atoms with E-state index < -0.39 is 12.6 Å². The highest BCUT2D eigenvalue weighted by Crippen LogP contribution is 2.46. The van der Waals surface area contributed by atoms with E-state index in [0.717, 1.165) is 10.5 Å². The van der Waals surface area contributed by atoms with Crippen LogP contribution >= 0.6 is 11.8 Å². The van der Waals surface area contributed by atoms with Gasteiger partial charge in [0.15, 0.2) is 6.61 Å². The molecule has 3 aromatic carbocycles. The van der Waals surface area contributed by atoms with Crippen LogP contribution in [0.3, 0.4) is 0 Å². The van der Waals surface area contributed by atoms with Crippen LogP contribution in [0.25, 0.3) is 0 Å². The molecule has 2 unspecified atom stereocenters. The highest BCUT2D eigenvalue weighted by Gasteiger charge is 2.48. The number of benzene rings is 3. The Hall–Kier alpha value is -3.39. The minimum atomic E-state index is -1.06. The highest BCUT2D eigenvalue weighted by molar-refractivity contribution is 7.99. The number of carboxylic acid groups (broad SMARTS) is 1. The molecule has 0 aliphatic carbocycles. The normalized spacial score (nSPS) is 17.5. The zero-order valence-corrected chi connectivity index (χ0v) is 18.3. The number of carbonyl (C=O) groups excluding carboxylic acids is 1. The van der Waals surface area contributed by atoms with Gasteiger partial charge < -0.3 is 14.7 Å². The van der Waals surface area contributed by atoms with E-state index in [1.165, 1.54) is 24.3 Å². The Labute approximate surface area is 194 Å². The maximum Gasteiger partial charge on any atom is 0.341 e. The molecule has 0 bridgehead atoms. The van der Waals surface area contributed by atoms with Gasteiger partial charge in [-0.3, -0.25) is 4.79 Å².